The summed E-state index contributed by atoms with van der Waals surface area (Å²) in [6, 6.07) is 5.83. The lowest BCUT2D eigenvalue weighted by atomic mass is 9.95. The molecule has 10 nitrogen and oxygen atoms in total. The Morgan fingerprint density at radius 1 is 1.10 bits per heavy atom. The fourth-order valence-corrected chi connectivity index (χ4v) is 4.54. The second-order valence-corrected chi connectivity index (χ2v) is 10.9. The molecular weight excluding hydrogens is 541 g/mol. The predicted molar refractivity (Wildman–Crippen MR) is 137 cm³/mol. The van der Waals surface area contributed by atoms with E-state index in [1.165, 1.54) is 19.2 Å². The summed E-state index contributed by atoms with van der Waals surface area (Å²) < 4.78 is 50.5. The molecule has 3 unspecified atom stereocenters. The van der Waals surface area contributed by atoms with Gasteiger partial charge in [0.2, 0.25) is 11.8 Å². The SMILES string of the molecule is COC(C(C)C(=O)NCC(=O)NSc1ccc(CNC(=O)C(F)(F)F)cc1)C1CCCN1C(=O)OC(C)(C)C. The van der Waals surface area contributed by atoms with E-state index in [0.717, 1.165) is 18.4 Å². The van der Waals surface area contributed by atoms with Crippen LogP contribution >= 0.6 is 11.9 Å². The molecule has 1 aliphatic heterocycles. The molecule has 0 radical (unpaired) electrons. The van der Waals surface area contributed by atoms with E-state index in [-0.39, 0.29) is 19.1 Å². The molecule has 0 bridgehead atoms. The Labute approximate surface area is 229 Å². The van der Waals surface area contributed by atoms with Gasteiger partial charge in [0.05, 0.1) is 24.6 Å². The van der Waals surface area contributed by atoms with E-state index in [1.54, 1.807) is 50.0 Å². The van der Waals surface area contributed by atoms with Gasteiger partial charge in [-0.2, -0.15) is 13.2 Å². The first kappa shape index (κ1) is 32.2. The minimum Gasteiger partial charge on any atom is -0.444 e. The van der Waals surface area contributed by atoms with Crippen LogP contribution in [0.25, 0.3) is 0 Å². The van der Waals surface area contributed by atoms with Gasteiger partial charge in [-0.3, -0.25) is 19.1 Å². The van der Waals surface area contributed by atoms with Crippen LogP contribution in [-0.4, -0.2) is 72.8 Å². The molecular formula is C25H35F3N4O6S. The number of halogens is 3. The maximum absolute atomic E-state index is 12.8. The van der Waals surface area contributed by atoms with E-state index in [2.05, 4.69) is 10.0 Å². The first-order chi connectivity index (χ1) is 18.1. The van der Waals surface area contributed by atoms with Crippen LogP contribution in [0.4, 0.5) is 18.0 Å². The number of alkyl halides is 3. The zero-order valence-electron chi connectivity index (χ0n) is 22.5. The van der Waals surface area contributed by atoms with Gasteiger partial charge in [-0.1, -0.05) is 19.1 Å². The Bertz CT molecular complexity index is 1020. The molecule has 3 atom stereocenters. The number of amides is 4. The molecule has 0 spiro atoms. The topological polar surface area (TPSA) is 126 Å². The standard InChI is InChI=1S/C25H35F3N4O6S/c1-15(20(37-5)18-7-6-12-32(18)23(36)38-24(2,3)4)21(34)29-14-19(33)31-39-17-10-8-16(9-11-17)13-30-22(35)25(26,27)28/h8-11,15,18,20H,6-7,12-14H2,1-5H3,(H,29,34)(H,30,35)(H,31,33). The Kier molecular flexibility index (Phi) is 11.5. The van der Waals surface area contributed by atoms with Crippen LogP contribution in [0.5, 0.6) is 0 Å². The van der Waals surface area contributed by atoms with Crippen molar-refractivity contribution in [3.63, 3.8) is 0 Å². The molecule has 2 rings (SSSR count). The number of hydrogen-bond donors (Lipinski definition) is 3. The van der Waals surface area contributed by atoms with Crippen molar-refractivity contribution < 1.29 is 41.8 Å². The summed E-state index contributed by atoms with van der Waals surface area (Å²) in [7, 11) is 1.47. The van der Waals surface area contributed by atoms with Crippen LogP contribution in [0.3, 0.4) is 0 Å². The molecule has 39 heavy (non-hydrogen) atoms. The van der Waals surface area contributed by atoms with Crippen LogP contribution < -0.4 is 15.4 Å². The largest absolute Gasteiger partial charge is 0.471 e. The number of methoxy groups -OCH3 is 1. The molecule has 1 aromatic carbocycles. The van der Waals surface area contributed by atoms with E-state index in [1.807, 2.05) is 0 Å². The van der Waals surface area contributed by atoms with Crippen molar-refractivity contribution >= 4 is 35.8 Å². The van der Waals surface area contributed by atoms with Gasteiger partial charge >= 0.3 is 18.2 Å². The molecule has 1 saturated heterocycles. The molecule has 1 heterocycles. The minimum absolute atomic E-state index is 0.293. The number of benzene rings is 1. The minimum atomic E-state index is -4.95. The Balaban J connectivity index is 1.82. The number of ether oxygens (including phenoxy) is 2. The number of nitrogens with zero attached hydrogens (tertiary/aromatic N) is 1. The van der Waals surface area contributed by atoms with Gasteiger partial charge in [-0.15, -0.1) is 0 Å². The number of carbonyl (C=O) groups is 4. The van der Waals surface area contributed by atoms with Gasteiger partial charge in [0, 0.05) is 25.1 Å². The Morgan fingerprint density at radius 3 is 2.31 bits per heavy atom. The van der Waals surface area contributed by atoms with Gasteiger partial charge in [0.25, 0.3) is 0 Å². The first-order valence-electron chi connectivity index (χ1n) is 12.3. The monoisotopic (exact) mass is 576 g/mol. The second kappa shape index (κ2) is 13.9. The smallest absolute Gasteiger partial charge is 0.444 e. The normalized spacial score (nSPS) is 17.2. The molecule has 1 aromatic rings. The molecule has 0 aliphatic carbocycles. The second-order valence-electron chi connectivity index (χ2n) is 10.0. The van der Waals surface area contributed by atoms with Crippen LogP contribution in [-0.2, 0) is 30.4 Å². The Morgan fingerprint density at radius 2 is 1.74 bits per heavy atom. The summed E-state index contributed by atoms with van der Waals surface area (Å²) in [4.78, 5) is 50.7. The summed E-state index contributed by atoms with van der Waals surface area (Å²) in [5.74, 6) is -3.57. The molecule has 3 N–H and O–H groups in total. The zero-order valence-corrected chi connectivity index (χ0v) is 23.3. The van der Waals surface area contributed by atoms with Gasteiger partial charge in [0.1, 0.15) is 5.60 Å². The van der Waals surface area contributed by atoms with Gasteiger partial charge in [0.15, 0.2) is 0 Å². The lowest BCUT2D eigenvalue weighted by Crippen LogP contribution is -2.51. The number of hydrogen-bond acceptors (Lipinski definition) is 7. The van der Waals surface area contributed by atoms with Crippen LogP contribution in [0.1, 0.15) is 46.1 Å². The molecule has 0 saturated carbocycles. The van der Waals surface area contributed by atoms with Crippen molar-refractivity contribution in [3.05, 3.63) is 29.8 Å². The van der Waals surface area contributed by atoms with E-state index in [9.17, 15) is 32.3 Å². The van der Waals surface area contributed by atoms with Crippen molar-refractivity contribution in [1.29, 1.82) is 0 Å². The molecule has 218 valence electrons. The van der Waals surface area contributed by atoms with E-state index >= 15 is 0 Å². The zero-order chi connectivity index (χ0) is 29.4. The average Bonchev–Trinajstić information content (AvgIpc) is 3.33. The Hall–Kier alpha value is -3.00. The van der Waals surface area contributed by atoms with E-state index in [4.69, 9.17) is 9.47 Å². The van der Waals surface area contributed by atoms with Crippen molar-refractivity contribution in [2.75, 3.05) is 20.2 Å². The third-order valence-corrected chi connectivity index (χ3v) is 6.66. The summed E-state index contributed by atoms with van der Waals surface area (Å²) in [5.41, 5.74) is -0.207. The molecule has 0 aromatic heterocycles. The van der Waals surface area contributed by atoms with Crippen molar-refractivity contribution in [3.8, 4) is 0 Å². The average molecular weight is 577 g/mol. The van der Waals surface area contributed by atoms with Crippen molar-refractivity contribution in [2.45, 2.75) is 75.9 Å². The highest BCUT2D eigenvalue weighted by Gasteiger charge is 2.41. The summed E-state index contributed by atoms with van der Waals surface area (Å²) >= 11 is 0.964. The van der Waals surface area contributed by atoms with Crippen molar-refractivity contribution in [1.82, 2.24) is 20.3 Å². The fraction of sp³-hybridized carbons (Fsp3) is 0.600. The lowest BCUT2D eigenvalue weighted by Gasteiger charge is -2.34. The van der Waals surface area contributed by atoms with E-state index in [0.29, 0.717) is 23.4 Å². The summed E-state index contributed by atoms with van der Waals surface area (Å²) in [5, 5.41) is 4.35. The van der Waals surface area contributed by atoms with Crippen LogP contribution in [0.2, 0.25) is 0 Å². The predicted octanol–water partition coefficient (Wildman–Crippen LogP) is 3.16. The van der Waals surface area contributed by atoms with Crippen molar-refractivity contribution in [2.24, 2.45) is 5.92 Å². The highest BCUT2D eigenvalue weighted by atomic mass is 32.2. The quantitative estimate of drug-likeness (QED) is 0.366. The summed E-state index contributed by atoms with van der Waals surface area (Å²) in [6.07, 6.45) is -4.61. The lowest BCUT2D eigenvalue weighted by molar-refractivity contribution is -0.173. The number of rotatable bonds is 10. The van der Waals surface area contributed by atoms with Gasteiger partial charge in [-0.05, 0) is 63.3 Å². The molecule has 1 aliphatic rings. The number of nitrogens with one attached hydrogen (secondary N) is 3. The van der Waals surface area contributed by atoms with Crippen LogP contribution in [0.15, 0.2) is 29.2 Å². The molecule has 1 fully saturated rings. The summed E-state index contributed by atoms with van der Waals surface area (Å²) in [6.45, 7) is 6.91. The molecule has 4 amide bonds. The first-order valence-corrected chi connectivity index (χ1v) is 13.1. The molecule has 14 heteroatoms. The third-order valence-electron chi connectivity index (χ3n) is 5.82. The fourth-order valence-electron chi connectivity index (χ4n) is 3.96. The highest BCUT2D eigenvalue weighted by molar-refractivity contribution is 7.98. The van der Waals surface area contributed by atoms with E-state index < -0.39 is 47.6 Å². The van der Waals surface area contributed by atoms with Crippen LogP contribution in [0, 0.1) is 5.92 Å². The number of likely N-dealkylation sites (tertiary alicyclic amines) is 1. The van der Waals surface area contributed by atoms with Gasteiger partial charge in [-0.25, -0.2) is 4.79 Å². The number of carbonyl (C=O) groups excluding carboxylic acids is 4. The van der Waals surface area contributed by atoms with Gasteiger partial charge < -0.3 is 25.0 Å². The maximum atomic E-state index is 12.8. The maximum Gasteiger partial charge on any atom is 0.471 e. The highest BCUT2D eigenvalue weighted by Crippen LogP contribution is 2.28. The third kappa shape index (κ3) is 10.2.